The maximum atomic E-state index is 5.64. The van der Waals surface area contributed by atoms with Gasteiger partial charge in [-0.1, -0.05) is 6.92 Å². The summed E-state index contributed by atoms with van der Waals surface area (Å²) in [6.07, 6.45) is 1.57. The third-order valence-corrected chi connectivity index (χ3v) is 2.65. The van der Waals surface area contributed by atoms with Gasteiger partial charge in [-0.15, -0.1) is 0 Å². The number of hydrogen-bond acceptors (Lipinski definition) is 3. The van der Waals surface area contributed by atoms with Gasteiger partial charge >= 0.3 is 0 Å². The Labute approximate surface area is 81.4 Å². The lowest BCUT2D eigenvalue weighted by atomic mass is 10.2. The zero-order valence-electron chi connectivity index (χ0n) is 9.05. The molecule has 3 heteroatoms. The van der Waals surface area contributed by atoms with Crippen molar-refractivity contribution < 1.29 is 4.74 Å². The van der Waals surface area contributed by atoms with Crippen molar-refractivity contribution in [3.63, 3.8) is 0 Å². The van der Waals surface area contributed by atoms with Crippen molar-refractivity contribution in [3.05, 3.63) is 0 Å². The van der Waals surface area contributed by atoms with Crippen LogP contribution in [0.25, 0.3) is 0 Å². The molecule has 0 unspecified atom stereocenters. The van der Waals surface area contributed by atoms with Gasteiger partial charge in [0.1, 0.15) is 0 Å². The van der Waals surface area contributed by atoms with Crippen molar-refractivity contribution in [3.8, 4) is 0 Å². The lowest BCUT2D eigenvalue weighted by molar-refractivity contribution is -0.0190. The smallest absolute Gasteiger partial charge is 0.0826 e. The van der Waals surface area contributed by atoms with Crippen LogP contribution in [-0.2, 0) is 4.74 Å². The first-order valence-electron chi connectivity index (χ1n) is 5.26. The minimum Gasteiger partial charge on any atom is -0.374 e. The third-order valence-electron chi connectivity index (χ3n) is 2.65. The molecule has 1 fully saturated rings. The predicted molar refractivity (Wildman–Crippen MR) is 55.0 cm³/mol. The van der Waals surface area contributed by atoms with Crippen LogP contribution in [0.3, 0.4) is 0 Å². The van der Waals surface area contributed by atoms with Gasteiger partial charge in [-0.25, -0.2) is 0 Å². The second kappa shape index (κ2) is 5.58. The topological polar surface area (TPSA) is 24.5 Å². The number of nitrogens with zero attached hydrogens (tertiary/aromatic N) is 1. The Kier molecular flexibility index (Phi) is 4.70. The molecule has 1 saturated heterocycles. The number of rotatable bonds is 4. The third kappa shape index (κ3) is 4.07. The van der Waals surface area contributed by atoms with Gasteiger partial charge in [0.2, 0.25) is 0 Å². The Hall–Kier alpha value is -0.120. The Morgan fingerprint density at radius 3 is 3.00 bits per heavy atom. The molecule has 0 spiro atoms. The Morgan fingerprint density at radius 2 is 2.38 bits per heavy atom. The summed E-state index contributed by atoms with van der Waals surface area (Å²) in [7, 11) is 2.15. The van der Waals surface area contributed by atoms with E-state index in [-0.39, 0.29) is 0 Å². The number of ether oxygens (including phenoxy) is 1. The average molecular weight is 186 g/mol. The van der Waals surface area contributed by atoms with E-state index in [0.29, 0.717) is 12.1 Å². The highest BCUT2D eigenvalue weighted by molar-refractivity contribution is 4.72. The average Bonchev–Trinajstić information content (AvgIpc) is 2.14. The Bertz CT molecular complexity index is 141. The maximum Gasteiger partial charge on any atom is 0.0826 e. The van der Waals surface area contributed by atoms with E-state index in [1.807, 2.05) is 0 Å². The summed E-state index contributed by atoms with van der Waals surface area (Å²) < 4.78 is 5.64. The van der Waals surface area contributed by atoms with Crippen molar-refractivity contribution in [1.82, 2.24) is 10.2 Å². The van der Waals surface area contributed by atoms with Gasteiger partial charge in [-0.2, -0.15) is 0 Å². The molecule has 0 aromatic rings. The van der Waals surface area contributed by atoms with Crippen molar-refractivity contribution >= 4 is 0 Å². The summed E-state index contributed by atoms with van der Waals surface area (Å²) in [5.41, 5.74) is 0. The molecule has 0 radical (unpaired) electrons. The molecule has 78 valence electrons. The van der Waals surface area contributed by atoms with E-state index in [2.05, 4.69) is 31.1 Å². The summed E-state index contributed by atoms with van der Waals surface area (Å²) in [5.74, 6) is 0. The second-order valence-electron chi connectivity index (χ2n) is 3.97. The SMILES string of the molecule is CC[C@H](C)NC[C@@H]1CN(C)CCO1. The largest absolute Gasteiger partial charge is 0.374 e. The summed E-state index contributed by atoms with van der Waals surface area (Å²) in [6.45, 7) is 8.41. The molecule has 1 rings (SSSR count). The van der Waals surface area contributed by atoms with E-state index in [0.717, 1.165) is 26.2 Å². The number of likely N-dealkylation sites (N-methyl/N-ethyl adjacent to an activating group) is 1. The van der Waals surface area contributed by atoms with E-state index in [9.17, 15) is 0 Å². The molecule has 1 aliphatic rings. The molecule has 0 aromatic carbocycles. The van der Waals surface area contributed by atoms with Crippen LogP contribution in [0.2, 0.25) is 0 Å². The van der Waals surface area contributed by atoms with Gasteiger partial charge in [-0.3, -0.25) is 0 Å². The van der Waals surface area contributed by atoms with E-state index >= 15 is 0 Å². The molecule has 1 aliphatic heterocycles. The van der Waals surface area contributed by atoms with Crippen LogP contribution in [0.5, 0.6) is 0 Å². The van der Waals surface area contributed by atoms with Crippen LogP contribution in [0.4, 0.5) is 0 Å². The molecule has 0 aromatic heterocycles. The van der Waals surface area contributed by atoms with Crippen LogP contribution in [0, 0.1) is 0 Å². The van der Waals surface area contributed by atoms with Crippen molar-refractivity contribution in [2.45, 2.75) is 32.4 Å². The van der Waals surface area contributed by atoms with Gasteiger partial charge in [0, 0.05) is 25.7 Å². The van der Waals surface area contributed by atoms with Crippen molar-refractivity contribution in [2.24, 2.45) is 0 Å². The fourth-order valence-corrected chi connectivity index (χ4v) is 1.47. The molecule has 0 bridgehead atoms. The molecule has 0 aliphatic carbocycles. The molecule has 3 nitrogen and oxygen atoms in total. The molecular formula is C10H22N2O. The summed E-state index contributed by atoms with van der Waals surface area (Å²) >= 11 is 0. The second-order valence-corrected chi connectivity index (χ2v) is 3.97. The standard InChI is InChI=1S/C10H22N2O/c1-4-9(2)11-7-10-8-12(3)5-6-13-10/h9-11H,4-8H2,1-3H3/t9-,10+/m0/s1. The molecule has 2 atom stereocenters. The lowest BCUT2D eigenvalue weighted by Crippen LogP contribution is -2.46. The monoisotopic (exact) mass is 186 g/mol. The molecule has 0 saturated carbocycles. The zero-order valence-corrected chi connectivity index (χ0v) is 9.05. The lowest BCUT2D eigenvalue weighted by Gasteiger charge is -2.30. The fraction of sp³-hybridized carbons (Fsp3) is 1.00. The predicted octanol–water partition coefficient (Wildman–Crippen LogP) is 0.705. The maximum absolute atomic E-state index is 5.64. The highest BCUT2D eigenvalue weighted by Crippen LogP contribution is 2.02. The van der Waals surface area contributed by atoms with Gasteiger partial charge in [-0.05, 0) is 20.4 Å². The number of morpholine rings is 1. The minimum atomic E-state index is 0.382. The summed E-state index contributed by atoms with van der Waals surface area (Å²) in [4.78, 5) is 2.33. The molecule has 1 heterocycles. The van der Waals surface area contributed by atoms with Crippen molar-refractivity contribution in [2.75, 3.05) is 33.3 Å². The van der Waals surface area contributed by atoms with Gasteiger partial charge in [0.25, 0.3) is 0 Å². The molecular weight excluding hydrogens is 164 g/mol. The van der Waals surface area contributed by atoms with E-state index < -0.39 is 0 Å². The number of nitrogens with one attached hydrogen (secondary N) is 1. The molecule has 1 N–H and O–H groups in total. The first-order valence-corrected chi connectivity index (χ1v) is 5.26. The highest BCUT2D eigenvalue weighted by atomic mass is 16.5. The Balaban J connectivity index is 2.13. The van der Waals surface area contributed by atoms with Gasteiger partial charge in [0.05, 0.1) is 12.7 Å². The Morgan fingerprint density at radius 1 is 1.62 bits per heavy atom. The van der Waals surface area contributed by atoms with E-state index in [4.69, 9.17) is 4.74 Å². The van der Waals surface area contributed by atoms with E-state index in [1.54, 1.807) is 0 Å². The molecule has 13 heavy (non-hydrogen) atoms. The first-order chi connectivity index (χ1) is 6.22. The van der Waals surface area contributed by atoms with Crippen LogP contribution in [0.15, 0.2) is 0 Å². The summed E-state index contributed by atoms with van der Waals surface area (Å²) in [6, 6.07) is 0.607. The fourth-order valence-electron chi connectivity index (χ4n) is 1.47. The van der Waals surface area contributed by atoms with Gasteiger partial charge < -0.3 is 15.0 Å². The van der Waals surface area contributed by atoms with Gasteiger partial charge in [0.15, 0.2) is 0 Å². The minimum absolute atomic E-state index is 0.382. The summed E-state index contributed by atoms with van der Waals surface area (Å²) in [5, 5.41) is 3.47. The van der Waals surface area contributed by atoms with Crippen molar-refractivity contribution in [1.29, 1.82) is 0 Å². The number of hydrogen-bond donors (Lipinski definition) is 1. The normalized spacial score (nSPS) is 27.5. The van der Waals surface area contributed by atoms with Crippen LogP contribution in [-0.4, -0.2) is 50.3 Å². The van der Waals surface area contributed by atoms with Crippen LogP contribution < -0.4 is 5.32 Å². The first kappa shape index (κ1) is 11.0. The van der Waals surface area contributed by atoms with E-state index in [1.165, 1.54) is 6.42 Å². The van der Waals surface area contributed by atoms with Crippen LogP contribution in [0.1, 0.15) is 20.3 Å². The quantitative estimate of drug-likeness (QED) is 0.699. The molecule has 0 amide bonds. The highest BCUT2D eigenvalue weighted by Gasteiger charge is 2.17. The zero-order chi connectivity index (χ0) is 9.68. The van der Waals surface area contributed by atoms with Crippen LogP contribution >= 0.6 is 0 Å².